The highest BCUT2D eigenvalue weighted by Gasteiger charge is 2.17. The van der Waals surface area contributed by atoms with Crippen LogP contribution in [0, 0.1) is 18.6 Å². The molecule has 1 aromatic carbocycles. The van der Waals surface area contributed by atoms with Crippen molar-refractivity contribution in [2.45, 2.75) is 13.8 Å². The Labute approximate surface area is 151 Å². The highest BCUT2D eigenvalue weighted by atomic mass is 32.1. The zero-order valence-electron chi connectivity index (χ0n) is 13.9. The van der Waals surface area contributed by atoms with E-state index in [1.807, 2.05) is 0 Å². The van der Waals surface area contributed by atoms with Crippen LogP contribution in [0.2, 0.25) is 0 Å². The second kappa shape index (κ2) is 8.52. The van der Waals surface area contributed by atoms with Crippen molar-refractivity contribution in [3.8, 4) is 0 Å². The summed E-state index contributed by atoms with van der Waals surface area (Å²) in [5.41, 5.74) is 0.294. The van der Waals surface area contributed by atoms with Crippen LogP contribution in [0.25, 0.3) is 0 Å². The van der Waals surface area contributed by atoms with E-state index in [1.54, 1.807) is 19.9 Å². The summed E-state index contributed by atoms with van der Waals surface area (Å²) in [4.78, 5) is 35.7. The fourth-order valence-electron chi connectivity index (χ4n) is 2.00. The first kappa shape index (κ1) is 19.5. The molecule has 0 spiro atoms. The van der Waals surface area contributed by atoms with Crippen molar-refractivity contribution in [2.75, 3.05) is 18.5 Å². The molecule has 0 aliphatic heterocycles. The highest BCUT2D eigenvalue weighted by Crippen LogP contribution is 2.27. The molecule has 138 valence electrons. The molecule has 26 heavy (non-hydrogen) atoms. The van der Waals surface area contributed by atoms with Crippen molar-refractivity contribution >= 4 is 34.2 Å². The highest BCUT2D eigenvalue weighted by molar-refractivity contribution is 7.18. The maximum atomic E-state index is 13.1. The number of carbonyl (C=O) groups excluding carboxylic acids is 3. The predicted octanol–water partition coefficient (Wildman–Crippen LogP) is 3.31. The van der Waals surface area contributed by atoms with Crippen LogP contribution in [-0.4, -0.2) is 31.1 Å². The smallest absolute Gasteiger partial charge is 0.348 e. The number of hydrogen-bond donors (Lipinski definition) is 1. The van der Waals surface area contributed by atoms with Crippen molar-refractivity contribution < 1.29 is 32.6 Å². The maximum absolute atomic E-state index is 13.1. The van der Waals surface area contributed by atoms with Crippen LogP contribution < -0.4 is 5.32 Å². The Hall–Kier alpha value is -2.81. The number of carbonyl (C=O) groups is 3. The van der Waals surface area contributed by atoms with Gasteiger partial charge in [-0.3, -0.25) is 4.79 Å². The van der Waals surface area contributed by atoms with Crippen LogP contribution in [-0.2, 0) is 14.3 Å². The molecule has 9 heteroatoms. The fourth-order valence-corrected chi connectivity index (χ4v) is 2.99. The molecule has 0 unspecified atom stereocenters. The number of halogens is 2. The Morgan fingerprint density at radius 2 is 1.69 bits per heavy atom. The monoisotopic (exact) mass is 383 g/mol. The average Bonchev–Trinajstić information content (AvgIpc) is 2.92. The van der Waals surface area contributed by atoms with Crippen molar-refractivity contribution in [1.82, 2.24) is 0 Å². The Balaban J connectivity index is 1.93. The fraction of sp³-hybridized carbons (Fsp3) is 0.235. The third kappa shape index (κ3) is 5.09. The summed E-state index contributed by atoms with van der Waals surface area (Å²) in [5.74, 6) is -4.04. The van der Waals surface area contributed by atoms with Crippen LogP contribution >= 0.6 is 11.3 Å². The standard InChI is InChI=1S/C17H15F2NO5S/c1-3-24-17(23)15-9(2)4-14(26-15)20-13(21)8-25-16(22)10-5-11(18)7-12(19)6-10/h4-7H,3,8H2,1-2H3,(H,20,21). The molecule has 0 aliphatic carbocycles. The molecule has 6 nitrogen and oxygen atoms in total. The Bertz CT molecular complexity index is 829. The number of ether oxygens (including phenoxy) is 2. The van der Waals surface area contributed by atoms with Gasteiger partial charge in [0, 0.05) is 6.07 Å². The van der Waals surface area contributed by atoms with Gasteiger partial charge in [0.25, 0.3) is 5.91 Å². The lowest BCUT2D eigenvalue weighted by molar-refractivity contribution is -0.119. The van der Waals surface area contributed by atoms with E-state index in [0.717, 1.165) is 23.5 Å². The Morgan fingerprint density at radius 1 is 1.04 bits per heavy atom. The number of aryl methyl sites for hydroxylation is 1. The van der Waals surface area contributed by atoms with Crippen molar-refractivity contribution in [3.63, 3.8) is 0 Å². The molecule has 2 aromatic rings. The van der Waals surface area contributed by atoms with E-state index >= 15 is 0 Å². The molecule has 1 heterocycles. The van der Waals surface area contributed by atoms with Gasteiger partial charge in [0.15, 0.2) is 6.61 Å². The van der Waals surface area contributed by atoms with Crippen LogP contribution in [0.4, 0.5) is 13.8 Å². The summed E-state index contributed by atoms with van der Waals surface area (Å²) >= 11 is 1.02. The molecule has 1 N–H and O–H groups in total. The molecular formula is C17H15F2NO5S. The van der Waals surface area contributed by atoms with Crippen LogP contribution in [0.3, 0.4) is 0 Å². The van der Waals surface area contributed by atoms with E-state index in [2.05, 4.69) is 5.32 Å². The lowest BCUT2D eigenvalue weighted by Crippen LogP contribution is -2.20. The number of anilines is 1. The minimum Gasteiger partial charge on any atom is -0.462 e. The maximum Gasteiger partial charge on any atom is 0.348 e. The minimum atomic E-state index is -1.03. The van der Waals surface area contributed by atoms with Gasteiger partial charge in [0.2, 0.25) is 0 Å². The zero-order chi connectivity index (χ0) is 19.3. The summed E-state index contributed by atoms with van der Waals surface area (Å²) in [6.45, 7) is 2.95. The summed E-state index contributed by atoms with van der Waals surface area (Å²) < 4.78 is 35.8. The molecule has 0 saturated heterocycles. The third-order valence-corrected chi connectivity index (χ3v) is 4.21. The minimum absolute atomic E-state index is 0.231. The molecule has 0 radical (unpaired) electrons. The first-order valence-corrected chi connectivity index (χ1v) is 8.32. The molecule has 0 atom stereocenters. The first-order valence-electron chi connectivity index (χ1n) is 7.50. The third-order valence-electron chi connectivity index (χ3n) is 3.07. The SMILES string of the molecule is CCOC(=O)c1sc(NC(=O)COC(=O)c2cc(F)cc(F)c2)cc1C. The van der Waals surface area contributed by atoms with Gasteiger partial charge < -0.3 is 14.8 Å². The molecule has 1 amide bonds. The summed E-state index contributed by atoms with van der Waals surface area (Å²) in [5, 5.41) is 2.85. The van der Waals surface area contributed by atoms with Gasteiger partial charge >= 0.3 is 11.9 Å². The van der Waals surface area contributed by atoms with Gasteiger partial charge in [-0.05, 0) is 37.6 Å². The van der Waals surface area contributed by atoms with Crippen molar-refractivity contribution in [3.05, 3.63) is 51.9 Å². The van der Waals surface area contributed by atoms with Gasteiger partial charge in [-0.15, -0.1) is 11.3 Å². The normalized spacial score (nSPS) is 10.3. The van der Waals surface area contributed by atoms with E-state index in [0.29, 0.717) is 21.5 Å². The number of thiophene rings is 1. The van der Waals surface area contributed by atoms with Crippen LogP contribution in [0.5, 0.6) is 0 Å². The molecule has 1 aromatic heterocycles. The second-order valence-corrected chi connectivity index (χ2v) is 6.18. The van der Waals surface area contributed by atoms with E-state index < -0.39 is 36.1 Å². The summed E-state index contributed by atoms with van der Waals surface area (Å²) in [6, 6.07) is 3.80. The molecule has 0 aliphatic rings. The number of amides is 1. The quantitative estimate of drug-likeness (QED) is 0.774. The van der Waals surface area contributed by atoms with Gasteiger partial charge in [0.1, 0.15) is 16.5 Å². The number of nitrogens with one attached hydrogen (secondary N) is 1. The summed E-state index contributed by atoms with van der Waals surface area (Å²) in [6.07, 6.45) is 0. The van der Waals surface area contributed by atoms with E-state index in [-0.39, 0.29) is 12.2 Å². The van der Waals surface area contributed by atoms with E-state index in [9.17, 15) is 23.2 Å². The topological polar surface area (TPSA) is 81.7 Å². The molecule has 2 rings (SSSR count). The lowest BCUT2D eigenvalue weighted by Gasteiger charge is -2.05. The zero-order valence-corrected chi connectivity index (χ0v) is 14.7. The number of esters is 2. The average molecular weight is 383 g/mol. The number of hydrogen-bond acceptors (Lipinski definition) is 6. The second-order valence-electron chi connectivity index (χ2n) is 5.13. The van der Waals surface area contributed by atoms with Gasteiger partial charge in [-0.1, -0.05) is 0 Å². The van der Waals surface area contributed by atoms with E-state index in [4.69, 9.17) is 9.47 Å². The van der Waals surface area contributed by atoms with Crippen molar-refractivity contribution in [1.29, 1.82) is 0 Å². The molecule has 0 saturated carbocycles. The number of benzene rings is 1. The predicted molar refractivity (Wildman–Crippen MR) is 90.3 cm³/mol. The van der Waals surface area contributed by atoms with Gasteiger partial charge in [0.05, 0.1) is 17.2 Å². The number of rotatable bonds is 6. The molecule has 0 fully saturated rings. The van der Waals surface area contributed by atoms with Gasteiger partial charge in [-0.25, -0.2) is 18.4 Å². The molecular weight excluding hydrogens is 368 g/mol. The van der Waals surface area contributed by atoms with Gasteiger partial charge in [-0.2, -0.15) is 0 Å². The molecule has 0 bridgehead atoms. The Kier molecular flexibility index (Phi) is 6.40. The van der Waals surface area contributed by atoms with E-state index in [1.165, 1.54) is 0 Å². The first-order chi connectivity index (χ1) is 12.3. The lowest BCUT2D eigenvalue weighted by atomic mass is 10.2. The van der Waals surface area contributed by atoms with Crippen molar-refractivity contribution in [2.24, 2.45) is 0 Å². The van der Waals surface area contributed by atoms with Crippen LogP contribution in [0.15, 0.2) is 24.3 Å². The van der Waals surface area contributed by atoms with Crippen LogP contribution in [0.1, 0.15) is 32.5 Å². The Morgan fingerprint density at radius 3 is 2.31 bits per heavy atom. The summed E-state index contributed by atoms with van der Waals surface area (Å²) in [7, 11) is 0. The largest absolute Gasteiger partial charge is 0.462 e.